The number of hydrogen-bond acceptors (Lipinski definition) is 3. The molecule has 0 N–H and O–H groups in total. The zero-order chi connectivity index (χ0) is 9.35. The maximum absolute atomic E-state index is 10.5. The van der Waals surface area contributed by atoms with Crippen LogP contribution in [0.15, 0.2) is 18.2 Å². The second-order valence-corrected chi connectivity index (χ2v) is 4.33. The Morgan fingerprint density at radius 1 is 1.00 bits per heavy atom. The number of rotatable bonds is 1. The van der Waals surface area contributed by atoms with Gasteiger partial charge >= 0.3 is 103 Å². The van der Waals surface area contributed by atoms with Crippen LogP contribution in [0.2, 0.25) is 10.0 Å². The van der Waals surface area contributed by atoms with Gasteiger partial charge in [0.15, 0.2) is 0 Å². The third-order valence-corrected chi connectivity index (χ3v) is 3.14. The number of hydrogen-bond donors (Lipinski definition) is 0. The summed E-state index contributed by atoms with van der Waals surface area (Å²) in [6.07, 6.45) is 0. The van der Waals surface area contributed by atoms with E-state index in [9.17, 15) is 14.7 Å². The van der Waals surface area contributed by atoms with Gasteiger partial charge in [0.05, 0.1) is 10.3 Å². The zero-order valence-corrected chi connectivity index (χ0v) is 16.3. The standard InChI is InChI=1S/C6H5Cl2O3P.2K/c7-4-2-1-3-5(6(4)8)12(9,10)11;;/h1-3H,(H2,9,10,11);;/q;2*+1/p-2. The van der Waals surface area contributed by atoms with E-state index in [1.54, 1.807) is 0 Å². The summed E-state index contributed by atoms with van der Waals surface area (Å²) in [5, 5.41) is -0.620. The molecule has 0 saturated carbocycles. The van der Waals surface area contributed by atoms with Crippen LogP contribution in [-0.4, -0.2) is 0 Å². The van der Waals surface area contributed by atoms with Gasteiger partial charge in [-0.15, -0.1) is 7.94 Å². The molecule has 0 bridgehead atoms. The van der Waals surface area contributed by atoms with E-state index in [4.69, 9.17) is 23.2 Å². The summed E-state index contributed by atoms with van der Waals surface area (Å²) >= 11 is 11.0. The normalized spacial score (nSPS) is 10.1. The van der Waals surface area contributed by atoms with E-state index < -0.39 is 13.2 Å². The van der Waals surface area contributed by atoms with Crippen molar-refractivity contribution in [1.82, 2.24) is 0 Å². The Kier molecular flexibility index (Phi) is 11.9. The van der Waals surface area contributed by atoms with Crippen molar-refractivity contribution in [2.75, 3.05) is 0 Å². The molecule has 0 aliphatic heterocycles. The summed E-state index contributed by atoms with van der Waals surface area (Å²) in [5.74, 6) is 0. The predicted molar refractivity (Wildman–Crippen MR) is 43.0 cm³/mol. The summed E-state index contributed by atoms with van der Waals surface area (Å²) in [6.45, 7) is 0. The van der Waals surface area contributed by atoms with Gasteiger partial charge in [-0.3, -0.25) is 0 Å². The molecule has 0 heterocycles. The first-order valence-corrected chi connectivity index (χ1v) is 5.19. The van der Waals surface area contributed by atoms with Crippen LogP contribution >= 0.6 is 31.1 Å². The Labute approximate surface area is 178 Å². The van der Waals surface area contributed by atoms with Crippen LogP contribution in [0.3, 0.4) is 0 Å². The first-order valence-electron chi connectivity index (χ1n) is 2.89. The second kappa shape index (κ2) is 8.48. The quantitative estimate of drug-likeness (QED) is 0.383. The van der Waals surface area contributed by atoms with E-state index in [1.807, 2.05) is 0 Å². The zero-order valence-electron chi connectivity index (χ0n) is 7.66. The summed E-state index contributed by atoms with van der Waals surface area (Å²) < 4.78 is 0. The van der Waals surface area contributed by atoms with Gasteiger partial charge in [-0.1, -0.05) is 29.3 Å². The Balaban J connectivity index is 0. The van der Waals surface area contributed by atoms with Crippen molar-refractivity contribution in [3.05, 3.63) is 28.2 Å². The molecule has 0 unspecified atom stereocenters. The van der Waals surface area contributed by atoms with Crippen molar-refractivity contribution >= 4 is 36.4 Å². The largest absolute Gasteiger partial charge is 1.00 e. The maximum Gasteiger partial charge on any atom is 1.00 e. The van der Waals surface area contributed by atoms with E-state index >= 15 is 0 Å². The fourth-order valence-corrected chi connectivity index (χ4v) is 2.01. The van der Waals surface area contributed by atoms with Crippen LogP contribution in [-0.2, 0) is 0 Å². The van der Waals surface area contributed by atoms with Crippen LogP contribution in [0, 0.1) is 0 Å². The van der Waals surface area contributed by atoms with E-state index in [0.717, 1.165) is 6.07 Å². The van der Waals surface area contributed by atoms with Crippen LogP contribution in [0.5, 0.6) is 0 Å². The van der Waals surface area contributed by atoms with E-state index in [0.29, 0.717) is 0 Å². The second-order valence-electron chi connectivity index (χ2n) is 2.07. The molecule has 14 heavy (non-hydrogen) atoms. The smallest absolute Gasteiger partial charge is 0.683 e. The average Bonchev–Trinajstić information content (AvgIpc) is 1.92. The molecular weight excluding hydrogens is 300 g/mol. The molecule has 0 radical (unpaired) electrons. The molecule has 66 valence electrons. The van der Waals surface area contributed by atoms with Gasteiger partial charge in [-0.25, -0.2) is 0 Å². The molecule has 0 spiro atoms. The molecular formula is C6H3Cl2K2O3P. The molecule has 0 fully saturated rings. The minimum Gasteiger partial charge on any atom is -0.683 e. The molecule has 0 atom stereocenters. The Hall–Kier alpha value is 3.38. The van der Waals surface area contributed by atoms with Crippen LogP contribution in [0.4, 0.5) is 0 Å². The monoisotopic (exact) mass is 302 g/mol. The molecule has 0 aliphatic carbocycles. The molecule has 1 aromatic carbocycles. The molecule has 1 aromatic rings. The fourth-order valence-electron chi connectivity index (χ4n) is 0.704. The predicted octanol–water partition coefficient (Wildman–Crippen LogP) is -6.53. The maximum atomic E-state index is 10.5. The van der Waals surface area contributed by atoms with E-state index in [-0.39, 0.29) is 113 Å². The van der Waals surface area contributed by atoms with Gasteiger partial charge in [0.1, 0.15) is 5.02 Å². The topological polar surface area (TPSA) is 69.2 Å². The molecule has 0 amide bonds. The average molecular weight is 303 g/mol. The summed E-state index contributed by atoms with van der Waals surface area (Å²) in [5.41, 5.74) is 0. The number of halogens is 2. The number of benzene rings is 1. The van der Waals surface area contributed by atoms with Gasteiger partial charge in [-0.2, -0.15) is 0 Å². The van der Waals surface area contributed by atoms with Crippen molar-refractivity contribution in [2.24, 2.45) is 0 Å². The first-order chi connectivity index (χ1) is 5.43. The van der Waals surface area contributed by atoms with Gasteiger partial charge in [0.2, 0.25) is 0 Å². The van der Waals surface area contributed by atoms with Crippen LogP contribution in [0.1, 0.15) is 0 Å². The van der Waals surface area contributed by atoms with E-state index in [1.165, 1.54) is 12.1 Å². The first kappa shape index (κ1) is 19.7. The molecule has 0 aromatic heterocycles. The Morgan fingerprint density at radius 3 is 1.86 bits per heavy atom. The van der Waals surface area contributed by atoms with Gasteiger partial charge in [0.25, 0.3) is 0 Å². The minimum atomic E-state index is -4.80. The fraction of sp³-hybridized carbons (Fsp3) is 0. The van der Waals surface area contributed by atoms with Crippen molar-refractivity contribution in [1.29, 1.82) is 0 Å². The Morgan fingerprint density at radius 2 is 1.50 bits per heavy atom. The minimum absolute atomic E-state index is 0. The van der Waals surface area contributed by atoms with E-state index in [2.05, 4.69) is 0 Å². The summed E-state index contributed by atoms with van der Waals surface area (Å²) in [6, 6.07) is 3.88. The van der Waals surface area contributed by atoms with Crippen molar-refractivity contribution < 1.29 is 117 Å². The van der Waals surface area contributed by atoms with Crippen molar-refractivity contribution in [2.45, 2.75) is 0 Å². The van der Waals surface area contributed by atoms with Gasteiger partial charge < -0.3 is 14.7 Å². The SMILES string of the molecule is [K+].[K+].[O-][P+]([O-])([O-])c1cccc(Cl)c1Cl. The van der Waals surface area contributed by atoms with Crippen molar-refractivity contribution in [3.8, 4) is 0 Å². The molecule has 0 aliphatic rings. The van der Waals surface area contributed by atoms with Crippen LogP contribution in [0.25, 0.3) is 0 Å². The van der Waals surface area contributed by atoms with Crippen molar-refractivity contribution in [3.63, 3.8) is 0 Å². The third-order valence-electron chi connectivity index (χ3n) is 1.23. The van der Waals surface area contributed by atoms with Gasteiger partial charge in [-0.05, 0) is 12.1 Å². The summed E-state index contributed by atoms with van der Waals surface area (Å²) in [7, 11) is -4.80. The summed E-state index contributed by atoms with van der Waals surface area (Å²) in [4.78, 5) is 31.6. The molecule has 0 saturated heterocycles. The van der Waals surface area contributed by atoms with Crippen LogP contribution < -0.4 is 123 Å². The molecule has 3 nitrogen and oxygen atoms in total. The molecule has 1 rings (SSSR count). The van der Waals surface area contributed by atoms with Gasteiger partial charge in [0, 0.05) is 0 Å². The Bertz CT molecular complexity index is 306. The third kappa shape index (κ3) is 5.82. The molecule has 8 heteroatoms.